The summed E-state index contributed by atoms with van der Waals surface area (Å²) in [5.74, 6) is 0.722. The lowest BCUT2D eigenvalue weighted by molar-refractivity contribution is 0.0839. The van der Waals surface area contributed by atoms with E-state index in [-0.39, 0.29) is 11.2 Å². The third-order valence-electron chi connectivity index (χ3n) is 3.06. The van der Waals surface area contributed by atoms with Gasteiger partial charge in [-0.25, -0.2) is 0 Å². The highest BCUT2D eigenvalue weighted by Crippen LogP contribution is 2.54. The van der Waals surface area contributed by atoms with Crippen molar-refractivity contribution in [1.82, 2.24) is 5.16 Å². The molecule has 1 spiro atoms. The van der Waals surface area contributed by atoms with Gasteiger partial charge in [0.05, 0.1) is 6.20 Å². The number of nitrogens with zero attached hydrogens (tertiary/aromatic N) is 1. The van der Waals surface area contributed by atoms with E-state index in [9.17, 15) is 4.79 Å². The number of Topliss-reactive ketones (excluding diaryl/α,β-unsaturated/α-hetero) is 1. The van der Waals surface area contributed by atoms with E-state index in [0.29, 0.717) is 5.76 Å². The van der Waals surface area contributed by atoms with E-state index in [1.165, 1.54) is 0 Å². The minimum atomic E-state index is -0.0213. The maximum atomic E-state index is 11.7. The SMILES string of the molecule is O=C1c2oncc2CCC12CC2. The number of aryl methyl sites for hydroxylation is 1. The first-order valence-electron chi connectivity index (χ1n) is 4.30. The van der Waals surface area contributed by atoms with Crippen molar-refractivity contribution in [1.29, 1.82) is 0 Å². The summed E-state index contributed by atoms with van der Waals surface area (Å²) in [4.78, 5) is 11.7. The van der Waals surface area contributed by atoms with E-state index in [1.54, 1.807) is 6.20 Å². The van der Waals surface area contributed by atoms with Gasteiger partial charge in [-0.2, -0.15) is 0 Å². The molecule has 3 nitrogen and oxygen atoms in total. The largest absolute Gasteiger partial charge is 0.353 e. The van der Waals surface area contributed by atoms with Gasteiger partial charge in [0.1, 0.15) is 0 Å². The highest BCUT2D eigenvalue weighted by Gasteiger charge is 2.53. The first-order chi connectivity index (χ1) is 5.82. The Labute approximate surface area is 69.7 Å². The third kappa shape index (κ3) is 0.618. The van der Waals surface area contributed by atoms with E-state index < -0.39 is 0 Å². The molecule has 1 aromatic heterocycles. The Morgan fingerprint density at radius 3 is 3.00 bits per heavy atom. The van der Waals surface area contributed by atoms with Crippen LogP contribution in [0.5, 0.6) is 0 Å². The van der Waals surface area contributed by atoms with Crippen molar-refractivity contribution in [3.8, 4) is 0 Å². The van der Waals surface area contributed by atoms with Crippen LogP contribution >= 0.6 is 0 Å². The molecule has 0 amide bonds. The van der Waals surface area contributed by atoms with Gasteiger partial charge in [-0.15, -0.1) is 0 Å². The summed E-state index contributed by atoms with van der Waals surface area (Å²) in [6, 6.07) is 0. The van der Waals surface area contributed by atoms with E-state index >= 15 is 0 Å². The first kappa shape index (κ1) is 6.40. The van der Waals surface area contributed by atoms with Crippen LogP contribution in [0.4, 0.5) is 0 Å². The molecule has 0 atom stereocenters. The maximum Gasteiger partial charge on any atom is 0.207 e. The molecule has 0 saturated heterocycles. The molecule has 3 rings (SSSR count). The molecule has 1 heterocycles. The Morgan fingerprint density at radius 1 is 1.42 bits per heavy atom. The van der Waals surface area contributed by atoms with Crippen molar-refractivity contribution < 1.29 is 9.32 Å². The van der Waals surface area contributed by atoms with Crippen molar-refractivity contribution in [2.24, 2.45) is 5.41 Å². The third-order valence-corrected chi connectivity index (χ3v) is 3.06. The fraction of sp³-hybridized carbons (Fsp3) is 0.556. The van der Waals surface area contributed by atoms with Crippen LogP contribution in [0.25, 0.3) is 0 Å². The predicted molar refractivity (Wildman–Crippen MR) is 40.8 cm³/mol. The van der Waals surface area contributed by atoms with E-state index in [1.807, 2.05) is 0 Å². The molecule has 1 aromatic rings. The number of aromatic nitrogens is 1. The molecule has 12 heavy (non-hydrogen) atoms. The normalized spacial score (nSPS) is 24.2. The number of carbonyl (C=O) groups excluding carboxylic acids is 1. The minimum Gasteiger partial charge on any atom is -0.353 e. The summed E-state index contributed by atoms with van der Waals surface area (Å²) < 4.78 is 4.94. The zero-order valence-electron chi connectivity index (χ0n) is 6.67. The van der Waals surface area contributed by atoms with Gasteiger partial charge < -0.3 is 4.52 Å². The molecule has 62 valence electrons. The van der Waals surface area contributed by atoms with Crippen molar-refractivity contribution in [3.63, 3.8) is 0 Å². The second-order valence-corrected chi connectivity index (χ2v) is 3.79. The van der Waals surface area contributed by atoms with Crippen molar-refractivity contribution >= 4 is 5.78 Å². The second-order valence-electron chi connectivity index (χ2n) is 3.79. The van der Waals surface area contributed by atoms with Gasteiger partial charge in [0.2, 0.25) is 11.5 Å². The van der Waals surface area contributed by atoms with Crippen molar-refractivity contribution in [3.05, 3.63) is 17.5 Å². The number of fused-ring (bicyclic) bond motifs is 1. The minimum absolute atomic E-state index is 0.0213. The number of ketones is 1. The van der Waals surface area contributed by atoms with Gasteiger partial charge in [-0.3, -0.25) is 4.79 Å². The van der Waals surface area contributed by atoms with Gasteiger partial charge in [0, 0.05) is 11.0 Å². The lowest BCUT2D eigenvalue weighted by Crippen LogP contribution is -2.22. The lowest BCUT2D eigenvalue weighted by atomic mass is 9.85. The van der Waals surface area contributed by atoms with Crippen LogP contribution in [0.3, 0.4) is 0 Å². The number of carbonyl (C=O) groups is 1. The molecular weight excluding hydrogens is 154 g/mol. The summed E-state index contributed by atoms with van der Waals surface area (Å²) >= 11 is 0. The summed E-state index contributed by atoms with van der Waals surface area (Å²) in [5.41, 5.74) is 0.976. The number of rotatable bonds is 0. The van der Waals surface area contributed by atoms with Crippen molar-refractivity contribution in [2.75, 3.05) is 0 Å². The molecule has 2 aliphatic carbocycles. The van der Waals surface area contributed by atoms with Crippen LogP contribution in [-0.2, 0) is 6.42 Å². The summed E-state index contributed by atoms with van der Waals surface area (Å²) in [7, 11) is 0. The topological polar surface area (TPSA) is 43.1 Å². The van der Waals surface area contributed by atoms with Crippen LogP contribution in [0, 0.1) is 5.41 Å². The molecular formula is C9H9NO2. The Hall–Kier alpha value is -1.12. The molecule has 0 bridgehead atoms. The van der Waals surface area contributed by atoms with Gasteiger partial charge in [0.25, 0.3) is 0 Å². The fourth-order valence-electron chi connectivity index (χ4n) is 1.98. The molecule has 1 saturated carbocycles. The molecule has 0 N–H and O–H groups in total. The second kappa shape index (κ2) is 1.79. The van der Waals surface area contributed by atoms with Crippen LogP contribution < -0.4 is 0 Å². The van der Waals surface area contributed by atoms with E-state index in [2.05, 4.69) is 5.16 Å². The van der Waals surface area contributed by atoms with E-state index in [4.69, 9.17) is 4.52 Å². The number of hydrogen-bond donors (Lipinski definition) is 0. The average molecular weight is 163 g/mol. The van der Waals surface area contributed by atoms with E-state index in [0.717, 1.165) is 31.2 Å². The first-order valence-corrected chi connectivity index (χ1v) is 4.30. The molecule has 0 radical (unpaired) electrons. The van der Waals surface area contributed by atoms with Crippen LogP contribution in [0.15, 0.2) is 10.7 Å². The Morgan fingerprint density at radius 2 is 2.25 bits per heavy atom. The molecule has 2 aliphatic rings. The Kier molecular flexibility index (Phi) is 0.953. The molecule has 1 fully saturated rings. The standard InChI is InChI=1S/C9H9NO2/c11-8-7-6(5-10-12-7)1-2-9(8)3-4-9/h5H,1-4H2. The molecule has 0 aromatic carbocycles. The summed E-state index contributed by atoms with van der Waals surface area (Å²) in [6.07, 6.45) is 5.73. The lowest BCUT2D eigenvalue weighted by Gasteiger charge is -2.16. The fourth-order valence-corrected chi connectivity index (χ4v) is 1.98. The Bertz CT molecular complexity index is 349. The molecule has 0 aliphatic heterocycles. The predicted octanol–water partition coefficient (Wildman–Crippen LogP) is 1.58. The van der Waals surface area contributed by atoms with Crippen LogP contribution in [0.2, 0.25) is 0 Å². The summed E-state index contributed by atoms with van der Waals surface area (Å²) in [6.45, 7) is 0. The maximum absolute atomic E-state index is 11.7. The zero-order chi connectivity index (χ0) is 8.18. The average Bonchev–Trinajstić information content (AvgIpc) is 2.69. The quantitative estimate of drug-likeness (QED) is 0.583. The summed E-state index contributed by atoms with van der Waals surface area (Å²) in [5, 5.41) is 3.65. The number of hydrogen-bond acceptors (Lipinski definition) is 3. The smallest absolute Gasteiger partial charge is 0.207 e. The molecule has 3 heteroatoms. The molecule has 0 unspecified atom stereocenters. The van der Waals surface area contributed by atoms with Gasteiger partial charge >= 0.3 is 0 Å². The highest BCUT2D eigenvalue weighted by molar-refractivity contribution is 6.02. The Balaban J connectivity index is 2.13. The monoisotopic (exact) mass is 163 g/mol. The van der Waals surface area contributed by atoms with Crippen LogP contribution in [-0.4, -0.2) is 10.9 Å². The zero-order valence-corrected chi connectivity index (χ0v) is 6.67. The highest BCUT2D eigenvalue weighted by atomic mass is 16.5. The van der Waals surface area contributed by atoms with Crippen LogP contribution in [0.1, 0.15) is 35.4 Å². The van der Waals surface area contributed by atoms with Gasteiger partial charge in [-0.1, -0.05) is 5.16 Å². The van der Waals surface area contributed by atoms with Crippen molar-refractivity contribution in [2.45, 2.75) is 25.7 Å². The van der Waals surface area contributed by atoms with Gasteiger partial charge in [-0.05, 0) is 25.7 Å². The van der Waals surface area contributed by atoms with Gasteiger partial charge in [0.15, 0.2) is 0 Å².